The molecule has 1 heterocycles. The minimum absolute atomic E-state index is 0.163. The van der Waals surface area contributed by atoms with Crippen molar-refractivity contribution in [3.63, 3.8) is 0 Å². The molecule has 0 bridgehead atoms. The summed E-state index contributed by atoms with van der Waals surface area (Å²) in [6.45, 7) is 6.95. The van der Waals surface area contributed by atoms with Gasteiger partial charge >= 0.3 is 0 Å². The smallest absolute Gasteiger partial charge is 0.178 e. The molecular weight excluding hydrogens is 284 g/mol. The van der Waals surface area contributed by atoms with Gasteiger partial charge in [0.1, 0.15) is 0 Å². The first kappa shape index (κ1) is 16.5. The molecule has 0 saturated heterocycles. The maximum atomic E-state index is 12.3. The molecule has 0 spiro atoms. The van der Waals surface area contributed by atoms with Crippen LogP contribution in [-0.2, 0) is 15.4 Å². The van der Waals surface area contributed by atoms with Crippen LogP contribution in [0.15, 0.2) is 29.2 Å². The first-order valence-corrected chi connectivity index (χ1v) is 9.17. The molecule has 0 aliphatic carbocycles. The number of rotatable bonds is 4. The van der Waals surface area contributed by atoms with E-state index in [2.05, 4.69) is 32.7 Å². The fraction of sp³-hybridized carbons (Fsp3) is 0.625. The molecule has 1 aromatic carbocycles. The van der Waals surface area contributed by atoms with Gasteiger partial charge in [-0.2, -0.15) is 0 Å². The zero-order valence-electron chi connectivity index (χ0n) is 13.3. The van der Waals surface area contributed by atoms with Crippen LogP contribution < -0.4 is 5.73 Å². The van der Waals surface area contributed by atoms with Crippen LogP contribution in [0.4, 0.5) is 0 Å². The van der Waals surface area contributed by atoms with Gasteiger partial charge in [0, 0.05) is 12.6 Å². The summed E-state index contributed by atoms with van der Waals surface area (Å²) in [5.41, 5.74) is 6.60. The molecule has 5 heteroatoms. The lowest BCUT2D eigenvalue weighted by atomic mass is 9.83. The van der Waals surface area contributed by atoms with Crippen molar-refractivity contribution in [3.05, 3.63) is 29.8 Å². The van der Waals surface area contributed by atoms with Crippen LogP contribution in [0, 0.1) is 5.92 Å². The highest BCUT2D eigenvalue weighted by molar-refractivity contribution is 7.91. The van der Waals surface area contributed by atoms with E-state index in [-0.39, 0.29) is 5.75 Å². The third-order valence-corrected chi connectivity index (χ3v) is 6.86. The Hall–Kier alpha value is -0.910. The molecule has 0 aromatic heterocycles. The molecule has 118 valence electrons. The highest BCUT2D eigenvalue weighted by Crippen LogP contribution is 2.41. The van der Waals surface area contributed by atoms with Gasteiger partial charge in [-0.05, 0) is 37.9 Å². The second-order valence-electron chi connectivity index (χ2n) is 6.40. The molecule has 2 N–H and O–H groups in total. The van der Waals surface area contributed by atoms with E-state index >= 15 is 0 Å². The Morgan fingerprint density at radius 1 is 1.29 bits per heavy atom. The van der Waals surface area contributed by atoms with Gasteiger partial charge in [0.2, 0.25) is 0 Å². The van der Waals surface area contributed by atoms with Crippen molar-refractivity contribution in [2.24, 2.45) is 11.7 Å². The predicted molar refractivity (Wildman–Crippen MR) is 85.9 cm³/mol. The van der Waals surface area contributed by atoms with Crippen molar-refractivity contribution in [1.82, 2.24) is 4.90 Å². The highest BCUT2D eigenvalue weighted by atomic mass is 32.2. The SMILES string of the molecule is CC(C)C(C)N(C)C1(CN)CCS(=O)(=O)c2ccccc21. The van der Waals surface area contributed by atoms with E-state index in [4.69, 9.17) is 5.73 Å². The molecule has 2 unspecified atom stereocenters. The van der Waals surface area contributed by atoms with Crippen molar-refractivity contribution < 1.29 is 8.42 Å². The van der Waals surface area contributed by atoms with Crippen LogP contribution in [0.3, 0.4) is 0 Å². The minimum atomic E-state index is -3.18. The number of hydrogen-bond acceptors (Lipinski definition) is 4. The van der Waals surface area contributed by atoms with Crippen LogP contribution in [0.1, 0.15) is 32.8 Å². The van der Waals surface area contributed by atoms with Crippen molar-refractivity contribution in [1.29, 1.82) is 0 Å². The maximum Gasteiger partial charge on any atom is 0.178 e. The average molecular weight is 310 g/mol. The molecule has 1 aliphatic heterocycles. The maximum absolute atomic E-state index is 12.3. The Kier molecular flexibility index (Phi) is 4.47. The van der Waals surface area contributed by atoms with Crippen LogP contribution in [0.2, 0.25) is 0 Å². The van der Waals surface area contributed by atoms with Crippen LogP contribution in [-0.4, -0.2) is 38.7 Å². The van der Waals surface area contributed by atoms with Gasteiger partial charge < -0.3 is 5.73 Å². The van der Waals surface area contributed by atoms with Gasteiger partial charge in [0.15, 0.2) is 9.84 Å². The summed E-state index contributed by atoms with van der Waals surface area (Å²) in [7, 11) is -1.12. The van der Waals surface area contributed by atoms with Gasteiger partial charge in [-0.1, -0.05) is 32.0 Å². The summed E-state index contributed by atoms with van der Waals surface area (Å²) in [6, 6.07) is 7.64. The van der Waals surface area contributed by atoms with E-state index in [1.807, 2.05) is 12.1 Å². The number of hydrogen-bond donors (Lipinski definition) is 1. The van der Waals surface area contributed by atoms with Gasteiger partial charge in [0.25, 0.3) is 0 Å². The number of nitrogens with two attached hydrogens (primary N) is 1. The Labute approximate surface area is 128 Å². The monoisotopic (exact) mass is 310 g/mol. The number of sulfone groups is 1. The topological polar surface area (TPSA) is 63.4 Å². The number of fused-ring (bicyclic) bond motifs is 1. The third-order valence-electron chi connectivity index (χ3n) is 5.10. The van der Waals surface area contributed by atoms with Crippen molar-refractivity contribution in [3.8, 4) is 0 Å². The molecular formula is C16H26N2O2S. The zero-order chi connectivity index (χ0) is 15.8. The largest absolute Gasteiger partial charge is 0.328 e. The Bertz CT molecular complexity index is 612. The second-order valence-corrected chi connectivity index (χ2v) is 8.47. The molecule has 0 radical (unpaired) electrons. The highest BCUT2D eigenvalue weighted by Gasteiger charge is 2.45. The first-order chi connectivity index (χ1) is 9.76. The minimum Gasteiger partial charge on any atom is -0.328 e. The fourth-order valence-corrected chi connectivity index (χ4v) is 4.93. The number of benzene rings is 1. The second kappa shape index (κ2) is 5.71. The average Bonchev–Trinajstić information content (AvgIpc) is 2.47. The summed E-state index contributed by atoms with van der Waals surface area (Å²) in [5, 5.41) is 0. The zero-order valence-corrected chi connectivity index (χ0v) is 14.2. The van der Waals surface area contributed by atoms with E-state index in [0.29, 0.717) is 29.8 Å². The van der Waals surface area contributed by atoms with E-state index < -0.39 is 15.4 Å². The van der Waals surface area contributed by atoms with Crippen molar-refractivity contribution in [2.75, 3.05) is 19.3 Å². The predicted octanol–water partition coefficient (Wildman–Crippen LogP) is 1.99. The number of likely N-dealkylation sites (N-methyl/N-ethyl adjacent to an activating group) is 1. The molecule has 1 aliphatic rings. The quantitative estimate of drug-likeness (QED) is 0.924. The lowest BCUT2D eigenvalue weighted by Crippen LogP contribution is -2.56. The van der Waals surface area contributed by atoms with E-state index in [1.165, 1.54) is 0 Å². The fourth-order valence-electron chi connectivity index (χ4n) is 3.23. The van der Waals surface area contributed by atoms with E-state index in [9.17, 15) is 8.42 Å². The van der Waals surface area contributed by atoms with Crippen molar-refractivity contribution in [2.45, 2.75) is 43.7 Å². The Morgan fingerprint density at radius 2 is 1.90 bits per heavy atom. The van der Waals surface area contributed by atoms with Crippen LogP contribution in [0.5, 0.6) is 0 Å². The van der Waals surface area contributed by atoms with Crippen LogP contribution >= 0.6 is 0 Å². The summed E-state index contributed by atoms with van der Waals surface area (Å²) in [6.07, 6.45) is 0.552. The molecule has 21 heavy (non-hydrogen) atoms. The summed E-state index contributed by atoms with van der Waals surface area (Å²) >= 11 is 0. The van der Waals surface area contributed by atoms with E-state index in [0.717, 1.165) is 5.56 Å². The summed E-state index contributed by atoms with van der Waals surface area (Å²) in [4.78, 5) is 2.72. The molecule has 0 saturated carbocycles. The standard InChI is InChI=1S/C16H26N2O2S/c1-12(2)13(3)18(4)16(11-17)9-10-21(19,20)15-8-6-5-7-14(15)16/h5-8,12-13H,9-11,17H2,1-4H3. The molecule has 4 nitrogen and oxygen atoms in total. The lowest BCUT2D eigenvalue weighted by Gasteiger charge is -2.48. The molecule has 2 atom stereocenters. The van der Waals surface area contributed by atoms with Gasteiger partial charge in [-0.3, -0.25) is 4.90 Å². The summed E-state index contributed by atoms with van der Waals surface area (Å²) < 4.78 is 24.7. The lowest BCUT2D eigenvalue weighted by molar-refractivity contribution is 0.0534. The number of nitrogens with zero attached hydrogens (tertiary/aromatic N) is 1. The van der Waals surface area contributed by atoms with Crippen LogP contribution in [0.25, 0.3) is 0 Å². The first-order valence-electron chi connectivity index (χ1n) is 7.51. The Balaban J connectivity index is 2.60. The molecule has 1 aromatic rings. The molecule has 0 amide bonds. The van der Waals surface area contributed by atoms with Gasteiger partial charge in [0.05, 0.1) is 16.2 Å². The Morgan fingerprint density at radius 3 is 2.48 bits per heavy atom. The van der Waals surface area contributed by atoms with Gasteiger partial charge in [-0.25, -0.2) is 8.42 Å². The molecule has 2 rings (SSSR count). The van der Waals surface area contributed by atoms with E-state index in [1.54, 1.807) is 12.1 Å². The third kappa shape index (κ3) is 2.62. The normalized spacial score (nSPS) is 25.9. The van der Waals surface area contributed by atoms with Gasteiger partial charge in [-0.15, -0.1) is 0 Å². The molecule has 0 fully saturated rings. The van der Waals surface area contributed by atoms with Crippen molar-refractivity contribution >= 4 is 9.84 Å². The summed E-state index contributed by atoms with van der Waals surface area (Å²) in [5.74, 6) is 0.639.